The van der Waals surface area contributed by atoms with Gasteiger partial charge in [0.2, 0.25) is 0 Å². The van der Waals surface area contributed by atoms with Gasteiger partial charge in [0.1, 0.15) is 0 Å². The van der Waals surface area contributed by atoms with Crippen molar-refractivity contribution >= 4 is 22.7 Å². The first-order valence-corrected chi connectivity index (χ1v) is 9.27. The van der Waals surface area contributed by atoms with Gasteiger partial charge in [-0.1, -0.05) is 18.2 Å². The van der Waals surface area contributed by atoms with E-state index in [2.05, 4.69) is 35.0 Å². The highest BCUT2D eigenvalue weighted by molar-refractivity contribution is 7.12. The van der Waals surface area contributed by atoms with Crippen LogP contribution in [-0.2, 0) is 12.8 Å². The SMILES string of the molecule is CN1CCC(N2CCc3cc(CC(=N)c4cccs4)ccc32)C1. The van der Waals surface area contributed by atoms with E-state index in [4.69, 9.17) is 5.41 Å². The zero-order valence-corrected chi connectivity index (χ0v) is 14.4. The van der Waals surface area contributed by atoms with Gasteiger partial charge in [-0.3, -0.25) is 0 Å². The van der Waals surface area contributed by atoms with Crippen LogP contribution in [0.15, 0.2) is 35.7 Å². The monoisotopic (exact) mass is 325 g/mol. The molecule has 0 saturated carbocycles. The molecule has 3 heterocycles. The minimum Gasteiger partial charge on any atom is -0.367 e. The lowest BCUT2D eigenvalue weighted by Gasteiger charge is -2.27. The van der Waals surface area contributed by atoms with Crippen molar-refractivity contribution in [1.29, 1.82) is 5.41 Å². The molecule has 1 aromatic heterocycles. The van der Waals surface area contributed by atoms with Gasteiger partial charge < -0.3 is 15.2 Å². The summed E-state index contributed by atoms with van der Waals surface area (Å²) in [6.45, 7) is 3.55. The molecule has 2 aliphatic rings. The highest BCUT2D eigenvalue weighted by Crippen LogP contribution is 2.33. The number of fused-ring (bicyclic) bond motifs is 1. The standard InChI is InChI=1S/C19H23N3S/c1-21-8-7-16(13-21)22-9-6-15-11-14(4-5-18(15)22)12-17(20)19-3-2-10-23-19/h2-5,10-11,16,20H,6-9,12-13H2,1H3. The Hall–Kier alpha value is -1.65. The molecule has 1 unspecified atom stereocenters. The first kappa shape index (κ1) is 14.9. The van der Waals surface area contributed by atoms with E-state index in [1.165, 1.54) is 36.3 Å². The lowest BCUT2D eigenvalue weighted by atomic mass is 10.0. The van der Waals surface area contributed by atoms with E-state index < -0.39 is 0 Å². The Morgan fingerprint density at radius 1 is 1.30 bits per heavy atom. The molecule has 4 rings (SSSR count). The number of rotatable bonds is 4. The molecule has 0 bridgehead atoms. The van der Waals surface area contributed by atoms with Gasteiger partial charge in [-0.15, -0.1) is 11.3 Å². The van der Waals surface area contributed by atoms with Gasteiger partial charge in [0.15, 0.2) is 0 Å². The molecule has 0 spiro atoms. The Kier molecular flexibility index (Phi) is 3.95. The second kappa shape index (κ2) is 6.10. The molecule has 1 saturated heterocycles. The molecule has 1 N–H and O–H groups in total. The summed E-state index contributed by atoms with van der Waals surface area (Å²) in [5, 5.41) is 10.3. The van der Waals surface area contributed by atoms with Crippen LogP contribution >= 0.6 is 11.3 Å². The summed E-state index contributed by atoms with van der Waals surface area (Å²) in [5.41, 5.74) is 4.90. The van der Waals surface area contributed by atoms with Gasteiger partial charge in [0, 0.05) is 36.1 Å². The van der Waals surface area contributed by atoms with Gasteiger partial charge in [-0.05, 0) is 55.1 Å². The lowest BCUT2D eigenvalue weighted by molar-refractivity contribution is 0.408. The molecule has 0 aliphatic carbocycles. The molecule has 120 valence electrons. The van der Waals surface area contributed by atoms with E-state index in [9.17, 15) is 0 Å². The Morgan fingerprint density at radius 3 is 2.96 bits per heavy atom. The van der Waals surface area contributed by atoms with Crippen LogP contribution in [0.4, 0.5) is 5.69 Å². The number of hydrogen-bond donors (Lipinski definition) is 1. The van der Waals surface area contributed by atoms with Gasteiger partial charge in [-0.25, -0.2) is 0 Å². The molecular weight excluding hydrogens is 302 g/mol. The van der Waals surface area contributed by atoms with Crippen molar-refractivity contribution < 1.29 is 0 Å². The number of benzene rings is 1. The summed E-state index contributed by atoms with van der Waals surface area (Å²) in [7, 11) is 2.22. The van der Waals surface area contributed by atoms with E-state index >= 15 is 0 Å². The molecule has 1 fully saturated rings. The number of hydrogen-bond acceptors (Lipinski definition) is 4. The first-order valence-electron chi connectivity index (χ1n) is 8.39. The minimum absolute atomic E-state index is 0.677. The summed E-state index contributed by atoms with van der Waals surface area (Å²) < 4.78 is 0. The largest absolute Gasteiger partial charge is 0.367 e. The third-order valence-corrected chi connectivity index (χ3v) is 6.01. The van der Waals surface area contributed by atoms with Crippen molar-refractivity contribution in [2.45, 2.75) is 25.3 Å². The van der Waals surface area contributed by atoms with Crippen molar-refractivity contribution in [2.24, 2.45) is 0 Å². The molecule has 2 aliphatic heterocycles. The fraction of sp³-hybridized carbons (Fsp3) is 0.421. The summed E-state index contributed by atoms with van der Waals surface area (Å²) in [5.74, 6) is 0. The topological polar surface area (TPSA) is 30.3 Å². The second-order valence-electron chi connectivity index (χ2n) is 6.74. The maximum absolute atomic E-state index is 8.27. The maximum atomic E-state index is 8.27. The van der Waals surface area contributed by atoms with Crippen molar-refractivity contribution in [3.63, 3.8) is 0 Å². The van der Waals surface area contributed by atoms with E-state index in [1.807, 2.05) is 17.5 Å². The summed E-state index contributed by atoms with van der Waals surface area (Å²) >= 11 is 1.66. The average molecular weight is 325 g/mol. The number of likely N-dealkylation sites (tertiary alicyclic amines) is 1. The van der Waals surface area contributed by atoms with E-state index in [0.717, 1.165) is 30.0 Å². The van der Waals surface area contributed by atoms with E-state index in [0.29, 0.717) is 6.04 Å². The zero-order valence-electron chi connectivity index (χ0n) is 13.6. The number of anilines is 1. The van der Waals surface area contributed by atoms with Crippen LogP contribution in [0.3, 0.4) is 0 Å². The molecular formula is C19H23N3S. The van der Waals surface area contributed by atoms with Crippen LogP contribution < -0.4 is 4.90 Å². The van der Waals surface area contributed by atoms with Crippen LogP contribution in [0, 0.1) is 5.41 Å². The third-order valence-electron chi connectivity index (χ3n) is 5.08. The van der Waals surface area contributed by atoms with Gasteiger partial charge in [0.05, 0.1) is 5.71 Å². The van der Waals surface area contributed by atoms with Crippen molar-refractivity contribution in [3.05, 3.63) is 51.7 Å². The van der Waals surface area contributed by atoms with Gasteiger partial charge in [-0.2, -0.15) is 0 Å². The van der Waals surface area contributed by atoms with Crippen LogP contribution in [0.25, 0.3) is 0 Å². The second-order valence-corrected chi connectivity index (χ2v) is 7.69. The molecule has 0 radical (unpaired) electrons. The Bertz CT molecular complexity index is 707. The first-order chi connectivity index (χ1) is 11.2. The van der Waals surface area contributed by atoms with Crippen molar-refractivity contribution in [1.82, 2.24) is 4.90 Å². The summed E-state index contributed by atoms with van der Waals surface area (Å²) in [6.07, 6.45) is 3.16. The lowest BCUT2D eigenvalue weighted by Crippen LogP contribution is -2.35. The number of likely N-dealkylation sites (N-methyl/N-ethyl adjacent to an activating group) is 1. The molecule has 0 amide bonds. The maximum Gasteiger partial charge on any atom is 0.0529 e. The van der Waals surface area contributed by atoms with Crippen molar-refractivity contribution in [2.75, 3.05) is 31.6 Å². The fourth-order valence-electron chi connectivity index (χ4n) is 3.88. The summed E-state index contributed by atoms with van der Waals surface area (Å²) in [4.78, 5) is 6.12. The Morgan fingerprint density at radius 2 is 2.22 bits per heavy atom. The predicted molar refractivity (Wildman–Crippen MR) is 98.2 cm³/mol. The zero-order chi connectivity index (χ0) is 15.8. The highest BCUT2D eigenvalue weighted by atomic mass is 32.1. The predicted octanol–water partition coefficient (Wildman–Crippen LogP) is 3.43. The van der Waals surface area contributed by atoms with Crippen LogP contribution in [0.1, 0.15) is 22.4 Å². The Balaban J connectivity index is 1.50. The van der Waals surface area contributed by atoms with Crippen LogP contribution in [0.2, 0.25) is 0 Å². The normalized spacial score (nSPS) is 20.9. The summed E-state index contributed by atoms with van der Waals surface area (Å²) in [6, 6.07) is 11.6. The molecule has 23 heavy (non-hydrogen) atoms. The quantitative estimate of drug-likeness (QED) is 0.873. The molecule has 1 aromatic carbocycles. The number of nitrogens with one attached hydrogen (secondary N) is 1. The van der Waals surface area contributed by atoms with E-state index in [1.54, 1.807) is 11.3 Å². The number of thiophene rings is 1. The van der Waals surface area contributed by atoms with Crippen LogP contribution in [0.5, 0.6) is 0 Å². The van der Waals surface area contributed by atoms with Crippen molar-refractivity contribution in [3.8, 4) is 0 Å². The van der Waals surface area contributed by atoms with E-state index in [-0.39, 0.29) is 0 Å². The molecule has 3 nitrogen and oxygen atoms in total. The minimum atomic E-state index is 0.677. The molecule has 2 aromatic rings. The third kappa shape index (κ3) is 2.93. The van der Waals surface area contributed by atoms with Gasteiger partial charge >= 0.3 is 0 Å². The number of nitrogens with zero attached hydrogens (tertiary/aromatic N) is 2. The molecule has 1 atom stereocenters. The smallest absolute Gasteiger partial charge is 0.0529 e. The average Bonchev–Trinajstić information content (AvgIpc) is 3.26. The highest BCUT2D eigenvalue weighted by Gasteiger charge is 2.30. The molecule has 4 heteroatoms. The Labute approximate surface area is 142 Å². The van der Waals surface area contributed by atoms with Crippen LogP contribution in [-0.4, -0.2) is 43.3 Å². The van der Waals surface area contributed by atoms with Gasteiger partial charge in [0.25, 0.3) is 0 Å². The fourth-order valence-corrected chi connectivity index (χ4v) is 4.55.